The average molecular weight is 149 g/mol. The molecule has 2 heterocycles. The number of rotatable bonds is 0. The summed E-state index contributed by atoms with van der Waals surface area (Å²) in [7, 11) is 0. The van der Waals surface area contributed by atoms with Crippen molar-refractivity contribution < 1.29 is 0 Å². The van der Waals surface area contributed by atoms with Crippen molar-refractivity contribution >= 4 is 5.65 Å². The third-order valence-corrected chi connectivity index (χ3v) is 1.47. The smallest absolute Gasteiger partial charge is 0.262 e. The second-order valence-electron chi connectivity index (χ2n) is 2.42. The number of H-pyrrole nitrogens is 1. The minimum atomic E-state index is -0.116. The number of fused-ring (bicyclic) bond motifs is 1. The van der Waals surface area contributed by atoms with Gasteiger partial charge in [-0.15, -0.1) is 0 Å². The summed E-state index contributed by atoms with van der Waals surface area (Å²) in [6, 6.07) is 3.15. The summed E-state index contributed by atoms with van der Waals surface area (Å²) in [6.07, 6.45) is 1.77. The van der Waals surface area contributed by atoms with E-state index in [1.165, 1.54) is 6.07 Å². The Labute approximate surface area is 62.5 Å². The van der Waals surface area contributed by atoms with Gasteiger partial charge in [-0.05, 0) is 13.0 Å². The van der Waals surface area contributed by atoms with Gasteiger partial charge in [0.15, 0.2) is 5.65 Å². The summed E-state index contributed by atoms with van der Waals surface area (Å²) in [5, 5.41) is 2.61. The third-order valence-electron chi connectivity index (χ3n) is 1.47. The van der Waals surface area contributed by atoms with Crippen molar-refractivity contribution in [3.63, 3.8) is 0 Å². The number of aromatic nitrogens is 3. The molecule has 0 aliphatic rings. The van der Waals surface area contributed by atoms with Gasteiger partial charge in [0.1, 0.15) is 0 Å². The summed E-state index contributed by atoms with van der Waals surface area (Å²) in [4.78, 5) is 14.9. The third kappa shape index (κ3) is 0.920. The molecule has 0 unspecified atom stereocenters. The Hall–Kier alpha value is -1.58. The first-order chi connectivity index (χ1) is 5.25. The van der Waals surface area contributed by atoms with Gasteiger partial charge in [-0.2, -0.15) is 0 Å². The van der Waals surface area contributed by atoms with E-state index in [4.69, 9.17) is 0 Å². The van der Waals surface area contributed by atoms with Crippen LogP contribution in [0.15, 0.2) is 23.1 Å². The highest BCUT2D eigenvalue weighted by Crippen LogP contribution is 1.97. The van der Waals surface area contributed by atoms with E-state index in [0.717, 1.165) is 11.3 Å². The van der Waals surface area contributed by atoms with Crippen molar-refractivity contribution in [3.05, 3.63) is 34.4 Å². The Balaban J connectivity index is 2.92. The van der Waals surface area contributed by atoms with Gasteiger partial charge in [0.05, 0.1) is 11.9 Å². The predicted molar refractivity (Wildman–Crippen MR) is 40.5 cm³/mol. The molecule has 11 heavy (non-hydrogen) atoms. The molecule has 0 bridgehead atoms. The van der Waals surface area contributed by atoms with Crippen LogP contribution in [0.2, 0.25) is 0 Å². The summed E-state index contributed by atoms with van der Waals surface area (Å²) >= 11 is 0. The van der Waals surface area contributed by atoms with Crippen LogP contribution in [-0.4, -0.2) is 14.6 Å². The molecular weight excluding hydrogens is 142 g/mol. The monoisotopic (exact) mass is 149 g/mol. The Morgan fingerprint density at radius 3 is 3.18 bits per heavy atom. The molecule has 2 aromatic heterocycles. The molecule has 0 aliphatic carbocycles. The number of nitrogens with one attached hydrogen (secondary N) is 1. The van der Waals surface area contributed by atoms with E-state index in [2.05, 4.69) is 10.1 Å². The van der Waals surface area contributed by atoms with E-state index >= 15 is 0 Å². The molecule has 2 aromatic rings. The van der Waals surface area contributed by atoms with Gasteiger partial charge in [0, 0.05) is 6.07 Å². The Kier molecular flexibility index (Phi) is 1.09. The lowest BCUT2D eigenvalue weighted by Crippen LogP contribution is -2.07. The molecule has 0 saturated heterocycles. The number of aryl methyl sites for hydroxylation is 1. The molecular formula is C7H7N3O. The second-order valence-corrected chi connectivity index (χ2v) is 2.42. The minimum absolute atomic E-state index is 0.116. The van der Waals surface area contributed by atoms with Gasteiger partial charge in [-0.3, -0.25) is 9.89 Å². The lowest BCUT2D eigenvalue weighted by atomic mass is 10.5. The summed E-state index contributed by atoms with van der Waals surface area (Å²) in [5.74, 6) is 0. The fourth-order valence-corrected chi connectivity index (χ4v) is 1.03. The maximum absolute atomic E-state index is 10.8. The molecule has 4 heteroatoms. The molecule has 0 atom stereocenters. The molecule has 4 nitrogen and oxygen atoms in total. The normalized spacial score (nSPS) is 10.6. The molecule has 2 rings (SSSR count). The highest BCUT2D eigenvalue weighted by molar-refractivity contribution is 5.36. The van der Waals surface area contributed by atoms with Crippen LogP contribution >= 0.6 is 0 Å². The summed E-state index contributed by atoms with van der Waals surface area (Å²) < 4.78 is 1.61. The van der Waals surface area contributed by atoms with E-state index in [9.17, 15) is 4.79 Å². The van der Waals surface area contributed by atoms with Gasteiger partial charge in [0.2, 0.25) is 0 Å². The van der Waals surface area contributed by atoms with Crippen molar-refractivity contribution in [2.45, 2.75) is 6.92 Å². The van der Waals surface area contributed by atoms with Gasteiger partial charge >= 0.3 is 0 Å². The fourth-order valence-electron chi connectivity index (χ4n) is 1.03. The quantitative estimate of drug-likeness (QED) is 0.586. The molecule has 0 saturated carbocycles. The topological polar surface area (TPSA) is 50.2 Å². The van der Waals surface area contributed by atoms with Crippen LogP contribution in [-0.2, 0) is 0 Å². The van der Waals surface area contributed by atoms with Gasteiger partial charge < -0.3 is 0 Å². The largest absolute Gasteiger partial charge is 0.268 e. The molecule has 0 spiro atoms. The van der Waals surface area contributed by atoms with E-state index in [1.54, 1.807) is 16.8 Å². The van der Waals surface area contributed by atoms with Gasteiger partial charge in [0.25, 0.3) is 5.56 Å². The van der Waals surface area contributed by atoms with E-state index in [0.29, 0.717) is 0 Å². The number of aromatic amines is 1. The zero-order chi connectivity index (χ0) is 7.84. The van der Waals surface area contributed by atoms with E-state index < -0.39 is 0 Å². The van der Waals surface area contributed by atoms with Crippen molar-refractivity contribution in [1.82, 2.24) is 14.6 Å². The molecule has 1 N–H and O–H groups in total. The lowest BCUT2D eigenvalue weighted by Gasteiger charge is -1.88. The maximum Gasteiger partial charge on any atom is 0.262 e. The SMILES string of the molecule is Cc1cn2[nH]c(=O)ccc2n1. The van der Waals surface area contributed by atoms with E-state index in [-0.39, 0.29) is 5.56 Å². The van der Waals surface area contributed by atoms with Crippen molar-refractivity contribution in [2.75, 3.05) is 0 Å². The molecule has 0 aromatic carbocycles. The van der Waals surface area contributed by atoms with Crippen LogP contribution in [0.4, 0.5) is 0 Å². The van der Waals surface area contributed by atoms with Crippen LogP contribution in [0.25, 0.3) is 5.65 Å². The van der Waals surface area contributed by atoms with Crippen LogP contribution in [0.1, 0.15) is 5.69 Å². The zero-order valence-electron chi connectivity index (χ0n) is 6.03. The first-order valence-corrected chi connectivity index (χ1v) is 3.31. The minimum Gasteiger partial charge on any atom is -0.268 e. The molecule has 0 aliphatic heterocycles. The highest BCUT2D eigenvalue weighted by Gasteiger charge is 1.95. The van der Waals surface area contributed by atoms with Crippen molar-refractivity contribution in [1.29, 1.82) is 0 Å². The van der Waals surface area contributed by atoms with Crippen molar-refractivity contribution in [2.24, 2.45) is 0 Å². The highest BCUT2D eigenvalue weighted by atomic mass is 16.1. The Morgan fingerprint density at radius 2 is 2.36 bits per heavy atom. The summed E-state index contributed by atoms with van der Waals surface area (Å²) in [6.45, 7) is 1.88. The first-order valence-electron chi connectivity index (χ1n) is 3.31. The van der Waals surface area contributed by atoms with E-state index in [1.807, 2.05) is 6.92 Å². The lowest BCUT2D eigenvalue weighted by molar-refractivity contribution is 0.903. The zero-order valence-corrected chi connectivity index (χ0v) is 6.03. The molecule has 0 fully saturated rings. The van der Waals surface area contributed by atoms with Crippen LogP contribution < -0.4 is 5.56 Å². The van der Waals surface area contributed by atoms with Gasteiger partial charge in [-0.25, -0.2) is 9.50 Å². The standard InChI is InChI=1S/C7H7N3O/c1-5-4-10-6(8-5)2-3-7(11)9-10/h2-4H,1H3,(H,9,11). The molecule has 0 amide bonds. The second kappa shape index (κ2) is 1.95. The number of hydrogen-bond donors (Lipinski definition) is 1. The Bertz CT molecular complexity index is 440. The van der Waals surface area contributed by atoms with Gasteiger partial charge in [-0.1, -0.05) is 0 Å². The number of hydrogen-bond acceptors (Lipinski definition) is 2. The summed E-state index contributed by atoms with van der Waals surface area (Å²) in [5.41, 5.74) is 1.55. The maximum atomic E-state index is 10.8. The molecule has 56 valence electrons. The molecule has 0 radical (unpaired) electrons. The average Bonchev–Trinajstić information content (AvgIpc) is 2.27. The number of nitrogens with zero attached hydrogens (tertiary/aromatic N) is 2. The number of imidazole rings is 1. The first kappa shape index (κ1) is 6.15. The van der Waals surface area contributed by atoms with Crippen LogP contribution in [0.5, 0.6) is 0 Å². The Morgan fingerprint density at radius 1 is 1.55 bits per heavy atom. The predicted octanol–water partition coefficient (Wildman–Crippen LogP) is 0.331. The van der Waals surface area contributed by atoms with Crippen LogP contribution in [0, 0.1) is 6.92 Å². The van der Waals surface area contributed by atoms with Crippen molar-refractivity contribution in [3.8, 4) is 0 Å². The fraction of sp³-hybridized carbons (Fsp3) is 0.143. The van der Waals surface area contributed by atoms with Crippen LogP contribution in [0.3, 0.4) is 0 Å².